The molecule has 6 heteroatoms. The van der Waals surface area contributed by atoms with Crippen molar-refractivity contribution in [3.8, 4) is 0 Å². The molecular formula is C10H17F3N2O. The molecule has 0 bridgehead atoms. The maximum atomic E-state index is 12.0. The molecule has 2 unspecified atom stereocenters. The van der Waals surface area contributed by atoms with E-state index in [1.165, 1.54) is 0 Å². The number of primary amides is 1. The van der Waals surface area contributed by atoms with Gasteiger partial charge >= 0.3 is 6.18 Å². The SMILES string of the molecule is NC(=O)C1CCCNC1CCCC(F)(F)F. The van der Waals surface area contributed by atoms with Gasteiger partial charge in [-0.15, -0.1) is 0 Å². The summed E-state index contributed by atoms with van der Waals surface area (Å²) < 4.78 is 35.9. The maximum Gasteiger partial charge on any atom is 0.389 e. The Balaban J connectivity index is 2.36. The number of rotatable bonds is 4. The van der Waals surface area contributed by atoms with Gasteiger partial charge < -0.3 is 11.1 Å². The second-order valence-electron chi connectivity index (χ2n) is 4.22. The summed E-state index contributed by atoms with van der Waals surface area (Å²) in [6.45, 7) is 0.750. The van der Waals surface area contributed by atoms with Gasteiger partial charge in [0.25, 0.3) is 0 Å². The molecule has 0 aliphatic carbocycles. The third kappa shape index (κ3) is 4.38. The second-order valence-corrected chi connectivity index (χ2v) is 4.22. The monoisotopic (exact) mass is 238 g/mol. The first-order chi connectivity index (χ1) is 7.40. The minimum atomic E-state index is -4.11. The zero-order valence-electron chi connectivity index (χ0n) is 9.02. The van der Waals surface area contributed by atoms with Gasteiger partial charge in [0.05, 0.1) is 5.92 Å². The quantitative estimate of drug-likeness (QED) is 0.781. The largest absolute Gasteiger partial charge is 0.389 e. The van der Waals surface area contributed by atoms with Crippen molar-refractivity contribution < 1.29 is 18.0 Å². The van der Waals surface area contributed by atoms with Crippen LogP contribution >= 0.6 is 0 Å². The number of piperidine rings is 1. The molecule has 94 valence electrons. The number of alkyl halides is 3. The van der Waals surface area contributed by atoms with E-state index in [0.717, 1.165) is 13.0 Å². The van der Waals surface area contributed by atoms with Gasteiger partial charge in [-0.3, -0.25) is 4.79 Å². The van der Waals surface area contributed by atoms with E-state index < -0.39 is 18.5 Å². The zero-order valence-corrected chi connectivity index (χ0v) is 9.02. The summed E-state index contributed by atoms with van der Waals surface area (Å²) in [6.07, 6.45) is -2.98. The lowest BCUT2D eigenvalue weighted by Crippen LogP contribution is -2.46. The smallest absolute Gasteiger partial charge is 0.369 e. The summed E-state index contributed by atoms with van der Waals surface area (Å²) in [5, 5.41) is 3.07. The van der Waals surface area contributed by atoms with Crippen molar-refractivity contribution in [2.24, 2.45) is 11.7 Å². The minimum absolute atomic E-state index is 0.0466. The second kappa shape index (κ2) is 5.52. The minimum Gasteiger partial charge on any atom is -0.369 e. The Bertz CT molecular complexity index is 243. The summed E-state index contributed by atoms with van der Waals surface area (Å²) >= 11 is 0. The molecule has 1 aliphatic rings. The highest BCUT2D eigenvalue weighted by Crippen LogP contribution is 2.25. The van der Waals surface area contributed by atoms with E-state index in [-0.39, 0.29) is 18.4 Å². The van der Waals surface area contributed by atoms with Crippen molar-refractivity contribution in [1.82, 2.24) is 5.32 Å². The van der Waals surface area contributed by atoms with Gasteiger partial charge in [-0.2, -0.15) is 13.2 Å². The molecule has 1 heterocycles. The number of hydrogen-bond acceptors (Lipinski definition) is 2. The topological polar surface area (TPSA) is 55.1 Å². The Morgan fingerprint density at radius 1 is 1.44 bits per heavy atom. The van der Waals surface area contributed by atoms with Crippen molar-refractivity contribution >= 4 is 5.91 Å². The number of hydrogen-bond donors (Lipinski definition) is 2. The van der Waals surface area contributed by atoms with Crippen LogP contribution in [0.3, 0.4) is 0 Å². The molecule has 1 aliphatic heterocycles. The van der Waals surface area contributed by atoms with Gasteiger partial charge in [0.2, 0.25) is 5.91 Å². The van der Waals surface area contributed by atoms with Crippen LogP contribution in [-0.4, -0.2) is 24.7 Å². The summed E-state index contributed by atoms with van der Waals surface area (Å²) in [6, 6.07) is -0.186. The first kappa shape index (κ1) is 13.3. The Morgan fingerprint density at radius 2 is 2.12 bits per heavy atom. The highest BCUT2D eigenvalue weighted by Gasteiger charge is 2.31. The van der Waals surface area contributed by atoms with Crippen LogP contribution in [0.1, 0.15) is 32.1 Å². The van der Waals surface area contributed by atoms with Crippen molar-refractivity contribution in [3.63, 3.8) is 0 Å². The van der Waals surface area contributed by atoms with Crippen LogP contribution < -0.4 is 11.1 Å². The Morgan fingerprint density at radius 3 is 2.69 bits per heavy atom. The fourth-order valence-corrected chi connectivity index (χ4v) is 2.12. The van der Waals surface area contributed by atoms with Crippen molar-refractivity contribution in [1.29, 1.82) is 0 Å². The van der Waals surface area contributed by atoms with E-state index in [2.05, 4.69) is 5.32 Å². The van der Waals surface area contributed by atoms with Crippen LogP contribution in [0.2, 0.25) is 0 Å². The third-order valence-electron chi connectivity index (χ3n) is 2.92. The van der Waals surface area contributed by atoms with Crippen molar-refractivity contribution in [2.45, 2.75) is 44.3 Å². The molecule has 3 N–H and O–H groups in total. The van der Waals surface area contributed by atoms with Crippen LogP contribution in [0.15, 0.2) is 0 Å². The normalized spacial score (nSPS) is 26.7. The maximum absolute atomic E-state index is 12.0. The van der Waals surface area contributed by atoms with Crippen molar-refractivity contribution in [2.75, 3.05) is 6.54 Å². The summed E-state index contributed by atoms with van der Waals surface area (Å²) in [5.74, 6) is -0.730. The van der Waals surface area contributed by atoms with E-state index in [4.69, 9.17) is 5.73 Å². The Kier molecular flexibility index (Phi) is 4.58. The molecular weight excluding hydrogens is 221 g/mol. The number of amides is 1. The number of carbonyl (C=O) groups is 1. The lowest BCUT2D eigenvalue weighted by atomic mass is 9.87. The van der Waals surface area contributed by atoms with Gasteiger partial charge in [0.15, 0.2) is 0 Å². The molecule has 0 aromatic rings. The third-order valence-corrected chi connectivity index (χ3v) is 2.92. The van der Waals surface area contributed by atoms with Crippen LogP contribution in [0.4, 0.5) is 13.2 Å². The molecule has 1 saturated heterocycles. The molecule has 0 spiro atoms. The molecule has 0 saturated carbocycles. The van der Waals surface area contributed by atoms with Crippen LogP contribution in [-0.2, 0) is 4.79 Å². The summed E-state index contributed by atoms with van der Waals surface area (Å²) in [4.78, 5) is 11.1. The van der Waals surface area contributed by atoms with E-state index >= 15 is 0 Å². The molecule has 1 rings (SSSR count). The van der Waals surface area contributed by atoms with E-state index in [9.17, 15) is 18.0 Å². The summed E-state index contributed by atoms with van der Waals surface area (Å²) in [5.41, 5.74) is 5.21. The number of nitrogens with two attached hydrogens (primary N) is 1. The number of nitrogens with one attached hydrogen (secondary N) is 1. The number of halogens is 3. The lowest BCUT2D eigenvalue weighted by Gasteiger charge is -2.30. The molecule has 0 aromatic heterocycles. The van der Waals surface area contributed by atoms with Gasteiger partial charge in [0.1, 0.15) is 0 Å². The Labute approximate surface area is 92.6 Å². The highest BCUT2D eigenvalue weighted by molar-refractivity contribution is 5.77. The fraction of sp³-hybridized carbons (Fsp3) is 0.900. The van der Waals surface area contributed by atoms with Crippen molar-refractivity contribution in [3.05, 3.63) is 0 Å². The van der Waals surface area contributed by atoms with E-state index in [1.54, 1.807) is 0 Å². The first-order valence-corrected chi connectivity index (χ1v) is 5.49. The first-order valence-electron chi connectivity index (χ1n) is 5.49. The molecule has 0 aromatic carbocycles. The molecule has 0 radical (unpaired) electrons. The standard InChI is InChI=1S/C10H17F3N2O/c11-10(12,13)5-1-4-8-7(9(14)16)3-2-6-15-8/h7-8,15H,1-6H2,(H2,14,16). The molecule has 16 heavy (non-hydrogen) atoms. The molecule has 1 fully saturated rings. The predicted molar refractivity (Wildman–Crippen MR) is 53.6 cm³/mol. The average molecular weight is 238 g/mol. The summed E-state index contributed by atoms with van der Waals surface area (Å²) in [7, 11) is 0. The van der Waals surface area contributed by atoms with Gasteiger partial charge in [-0.1, -0.05) is 0 Å². The van der Waals surface area contributed by atoms with E-state index in [1.807, 2.05) is 0 Å². The van der Waals surface area contributed by atoms with E-state index in [0.29, 0.717) is 12.8 Å². The average Bonchev–Trinajstić information content (AvgIpc) is 2.16. The van der Waals surface area contributed by atoms with Crippen LogP contribution in [0.25, 0.3) is 0 Å². The van der Waals surface area contributed by atoms with Gasteiger partial charge in [-0.25, -0.2) is 0 Å². The van der Waals surface area contributed by atoms with Crippen LogP contribution in [0, 0.1) is 5.92 Å². The highest BCUT2D eigenvalue weighted by atomic mass is 19.4. The lowest BCUT2D eigenvalue weighted by molar-refractivity contribution is -0.136. The molecule has 2 atom stereocenters. The van der Waals surface area contributed by atoms with Gasteiger partial charge in [0, 0.05) is 12.5 Å². The van der Waals surface area contributed by atoms with Crippen LogP contribution in [0.5, 0.6) is 0 Å². The Hall–Kier alpha value is -0.780. The zero-order chi connectivity index (χ0) is 12.2. The van der Waals surface area contributed by atoms with Gasteiger partial charge in [-0.05, 0) is 32.2 Å². The predicted octanol–water partition coefficient (Wildman–Crippen LogP) is 1.57. The number of carbonyl (C=O) groups excluding carboxylic acids is 1. The fourth-order valence-electron chi connectivity index (χ4n) is 2.12. The molecule has 3 nitrogen and oxygen atoms in total. The molecule has 1 amide bonds.